The first-order valence-electron chi connectivity index (χ1n) is 6.80. The Morgan fingerprint density at radius 2 is 1.90 bits per heavy atom. The van der Waals surface area contributed by atoms with Gasteiger partial charge in [0.1, 0.15) is 0 Å². The SMILES string of the molecule is O=C1CC(c2ccccc2)Nc2c1sc1cccc(Cl)c21. The summed E-state index contributed by atoms with van der Waals surface area (Å²) < 4.78 is 1.06. The number of hydrogen-bond acceptors (Lipinski definition) is 3. The minimum atomic E-state index is 0.0141. The van der Waals surface area contributed by atoms with E-state index in [0.717, 1.165) is 26.2 Å². The van der Waals surface area contributed by atoms with Gasteiger partial charge < -0.3 is 5.32 Å². The Kier molecular flexibility index (Phi) is 2.98. The first kappa shape index (κ1) is 12.9. The maximum Gasteiger partial charge on any atom is 0.177 e. The van der Waals surface area contributed by atoms with E-state index in [2.05, 4.69) is 5.32 Å². The zero-order valence-corrected chi connectivity index (χ0v) is 12.7. The van der Waals surface area contributed by atoms with Crippen molar-refractivity contribution in [3.63, 3.8) is 0 Å². The summed E-state index contributed by atoms with van der Waals surface area (Å²) in [5.41, 5.74) is 2.02. The summed E-state index contributed by atoms with van der Waals surface area (Å²) in [6.45, 7) is 0. The number of nitrogens with one attached hydrogen (secondary N) is 1. The lowest BCUT2D eigenvalue weighted by molar-refractivity contribution is 0.0976. The Morgan fingerprint density at radius 1 is 1.10 bits per heavy atom. The topological polar surface area (TPSA) is 29.1 Å². The second-order valence-electron chi connectivity index (χ2n) is 5.15. The smallest absolute Gasteiger partial charge is 0.177 e. The van der Waals surface area contributed by atoms with Crippen molar-refractivity contribution < 1.29 is 4.79 Å². The maximum absolute atomic E-state index is 12.5. The second-order valence-corrected chi connectivity index (χ2v) is 6.61. The molecule has 0 aliphatic carbocycles. The molecule has 0 amide bonds. The van der Waals surface area contributed by atoms with E-state index in [9.17, 15) is 4.79 Å². The summed E-state index contributed by atoms with van der Waals surface area (Å²) in [6.07, 6.45) is 0.488. The van der Waals surface area contributed by atoms with E-state index in [4.69, 9.17) is 11.6 Å². The van der Waals surface area contributed by atoms with Crippen molar-refractivity contribution in [3.05, 3.63) is 64.0 Å². The number of thiophene rings is 1. The number of Topliss-reactive ketones (excluding diaryl/α,β-unsaturated/α-hetero) is 1. The number of rotatable bonds is 1. The molecule has 1 aromatic heterocycles. The predicted octanol–water partition coefficient (Wildman–Crippen LogP) is 5.29. The Morgan fingerprint density at radius 3 is 2.71 bits per heavy atom. The maximum atomic E-state index is 12.5. The van der Waals surface area contributed by atoms with Crippen LogP contribution in [0.4, 0.5) is 5.69 Å². The average molecular weight is 314 g/mol. The van der Waals surface area contributed by atoms with E-state index in [-0.39, 0.29) is 11.8 Å². The Bertz CT molecular complexity index is 841. The van der Waals surface area contributed by atoms with Gasteiger partial charge in [0.25, 0.3) is 0 Å². The molecule has 0 bridgehead atoms. The van der Waals surface area contributed by atoms with Gasteiger partial charge in [0.15, 0.2) is 5.78 Å². The molecular weight excluding hydrogens is 302 g/mol. The molecule has 1 N–H and O–H groups in total. The first-order chi connectivity index (χ1) is 10.2. The van der Waals surface area contributed by atoms with Crippen LogP contribution >= 0.6 is 22.9 Å². The highest BCUT2D eigenvalue weighted by molar-refractivity contribution is 7.21. The van der Waals surface area contributed by atoms with Crippen LogP contribution in [0.25, 0.3) is 10.1 Å². The van der Waals surface area contributed by atoms with Gasteiger partial charge in [-0.05, 0) is 17.7 Å². The zero-order chi connectivity index (χ0) is 14.4. The number of halogens is 1. The van der Waals surface area contributed by atoms with E-state index in [1.807, 2.05) is 48.5 Å². The summed E-state index contributed by atoms with van der Waals surface area (Å²) in [4.78, 5) is 13.3. The van der Waals surface area contributed by atoms with Crippen LogP contribution in [-0.4, -0.2) is 5.78 Å². The summed E-state index contributed by atoms with van der Waals surface area (Å²) >= 11 is 7.85. The normalized spacial score (nSPS) is 17.6. The largest absolute Gasteiger partial charge is 0.376 e. The number of hydrogen-bond donors (Lipinski definition) is 1. The Labute approximate surface area is 131 Å². The molecule has 2 aromatic carbocycles. The van der Waals surface area contributed by atoms with Gasteiger partial charge in [-0.2, -0.15) is 0 Å². The van der Waals surface area contributed by atoms with Crippen LogP contribution in [0.2, 0.25) is 5.02 Å². The molecule has 2 heterocycles. The molecule has 1 aliphatic heterocycles. The molecule has 4 rings (SSSR count). The molecule has 1 unspecified atom stereocenters. The fourth-order valence-electron chi connectivity index (χ4n) is 2.83. The summed E-state index contributed by atoms with van der Waals surface area (Å²) in [7, 11) is 0. The van der Waals surface area contributed by atoms with Gasteiger partial charge in [0.05, 0.1) is 21.6 Å². The molecule has 3 aromatic rings. The van der Waals surface area contributed by atoms with Crippen LogP contribution in [0.1, 0.15) is 27.7 Å². The lowest BCUT2D eigenvalue weighted by Gasteiger charge is -2.24. The number of ketones is 1. The average Bonchev–Trinajstić information content (AvgIpc) is 2.89. The lowest BCUT2D eigenvalue weighted by atomic mass is 9.96. The number of fused-ring (bicyclic) bond motifs is 3. The minimum absolute atomic E-state index is 0.0141. The van der Waals surface area contributed by atoms with Crippen LogP contribution in [0.3, 0.4) is 0 Å². The van der Waals surface area contributed by atoms with Crippen LogP contribution in [0.5, 0.6) is 0 Å². The quantitative estimate of drug-likeness (QED) is 0.661. The van der Waals surface area contributed by atoms with Crippen molar-refractivity contribution in [1.29, 1.82) is 0 Å². The number of carbonyl (C=O) groups is 1. The molecule has 4 heteroatoms. The van der Waals surface area contributed by atoms with Gasteiger partial charge in [-0.3, -0.25) is 4.79 Å². The molecule has 1 atom stereocenters. The van der Waals surface area contributed by atoms with Crippen molar-refractivity contribution >= 4 is 44.5 Å². The predicted molar refractivity (Wildman–Crippen MR) is 88.6 cm³/mol. The lowest BCUT2D eigenvalue weighted by Crippen LogP contribution is -2.21. The van der Waals surface area contributed by atoms with E-state index >= 15 is 0 Å². The van der Waals surface area contributed by atoms with E-state index in [1.54, 1.807) is 0 Å². The zero-order valence-electron chi connectivity index (χ0n) is 11.1. The molecule has 104 valence electrons. The Hall–Kier alpha value is -1.84. The van der Waals surface area contributed by atoms with Crippen LogP contribution in [0.15, 0.2) is 48.5 Å². The highest BCUT2D eigenvalue weighted by atomic mass is 35.5. The number of carbonyl (C=O) groups excluding carboxylic acids is 1. The molecular formula is C17H12ClNOS. The third-order valence-electron chi connectivity index (χ3n) is 3.83. The monoisotopic (exact) mass is 313 g/mol. The highest BCUT2D eigenvalue weighted by Gasteiger charge is 2.29. The molecule has 0 fully saturated rings. The van der Waals surface area contributed by atoms with Crippen molar-refractivity contribution in [2.45, 2.75) is 12.5 Å². The van der Waals surface area contributed by atoms with Gasteiger partial charge >= 0.3 is 0 Å². The van der Waals surface area contributed by atoms with Crippen LogP contribution in [-0.2, 0) is 0 Å². The van der Waals surface area contributed by atoms with E-state index < -0.39 is 0 Å². The minimum Gasteiger partial charge on any atom is -0.376 e. The fourth-order valence-corrected chi connectivity index (χ4v) is 4.30. The standard InChI is InChI=1S/C17H12ClNOS/c18-11-7-4-8-14-15(11)16-17(21-14)13(20)9-12(19-16)10-5-2-1-3-6-10/h1-8,12,19H,9H2. The molecule has 0 radical (unpaired) electrons. The number of benzene rings is 2. The fraction of sp³-hybridized carbons (Fsp3) is 0.118. The van der Waals surface area contributed by atoms with Crippen molar-refractivity contribution in [1.82, 2.24) is 0 Å². The summed E-state index contributed by atoms with van der Waals surface area (Å²) in [5, 5.41) is 5.17. The van der Waals surface area contributed by atoms with Crippen molar-refractivity contribution in [3.8, 4) is 0 Å². The van der Waals surface area contributed by atoms with Gasteiger partial charge in [-0.15, -0.1) is 11.3 Å². The second kappa shape index (κ2) is 4.86. The van der Waals surface area contributed by atoms with Gasteiger partial charge in [-0.1, -0.05) is 48.0 Å². The van der Waals surface area contributed by atoms with Gasteiger partial charge in [0, 0.05) is 16.5 Å². The molecule has 0 spiro atoms. The van der Waals surface area contributed by atoms with Crippen molar-refractivity contribution in [2.75, 3.05) is 5.32 Å². The van der Waals surface area contributed by atoms with E-state index in [1.165, 1.54) is 11.3 Å². The van der Waals surface area contributed by atoms with Gasteiger partial charge in [0.2, 0.25) is 0 Å². The highest BCUT2D eigenvalue weighted by Crippen LogP contribution is 2.45. The van der Waals surface area contributed by atoms with Gasteiger partial charge in [-0.25, -0.2) is 0 Å². The third-order valence-corrected chi connectivity index (χ3v) is 5.34. The van der Waals surface area contributed by atoms with Crippen LogP contribution < -0.4 is 5.32 Å². The van der Waals surface area contributed by atoms with Crippen molar-refractivity contribution in [2.24, 2.45) is 0 Å². The third kappa shape index (κ3) is 2.04. The number of anilines is 1. The van der Waals surface area contributed by atoms with E-state index in [0.29, 0.717) is 11.4 Å². The summed E-state index contributed by atoms with van der Waals surface area (Å²) in [6, 6.07) is 15.9. The molecule has 0 saturated heterocycles. The molecule has 0 saturated carbocycles. The summed E-state index contributed by atoms with van der Waals surface area (Å²) in [5.74, 6) is 0.190. The molecule has 2 nitrogen and oxygen atoms in total. The van der Waals surface area contributed by atoms with Crippen LogP contribution in [0, 0.1) is 0 Å². The first-order valence-corrected chi connectivity index (χ1v) is 7.99. The molecule has 1 aliphatic rings. The molecule has 21 heavy (non-hydrogen) atoms. The Balaban J connectivity index is 1.87.